The van der Waals surface area contributed by atoms with Crippen LogP contribution in [0.3, 0.4) is 0 Å². The third-order valence-electron chi connectivity index (χ3n) is 3.87. The lowest BCUT2D eigenvalue weighted by Crippen LogP contribution is -2.40. The summed E-state index contributed by atoms with van der Waals surface area (Å²) in [6.07, 6.45) is -0.738. The van der Waals surface area contributed by atoms with Crippen molar-refractivity contribution in [3.8, 4) is 0 Å². The molecule has 1 heterocycles. The van der Waals surface area contributed by atoms with Crippen molar-refractivity contribution in [3.63, 3.8) is 0 Å². The molecule has 1 aliphatic carbocycles. The van der Waals surface area contributed by atoms with E-state index in [1.807, 2.05) is 20.8 Å². The number of hydrogen-bond acceptors (Lipinski definition) is 5. The van der Waals surface area contributed by atoms with Crippen molar-refractivity contribution in [2.75, 3.05) is 5.32 Å². The Bertz CT molecular complexity index is 646. The first-order valence-electron chi connectivity index (χ1n) is 8.45. The highest BCUT2D eigenvalue weighted by Gasteiger charge is 2.36. The molecule has 26 heavy (non-hydrogen) atoms. The standard InChI is InChI=1S/C17H24ClF3N4O/c1-10(26-16(2,3)4)23-11-6-5-7-12(8-11)24-14-13(17(19,20)21)9-22-15(18)25-14/h9,11-12,23H,1,5-8H2,2-4H3,(H,22,24,25)/t11-,12+/m1/s1. The lowest BCUT2D eigenvalue weighted by Gasteiger charge is -2.33. The van der Waals surface area contributed by atoms with E-state index >= 15 is 0 Å². The van der Waals surface area contributed by atoms with E-state index < -0.39 is 11.7 Å². The number of ether oxygens (including phenoxy) is 1. The molecule has 2 atom stereocenters. The van der Waals surface area contributed by atoms with Gasteiger partial charge in [0, 0.05) is 18.3 Å². The van der Waals surface area contributed by atoms with Crippen molar-refractivity contribution in [2.45, 2.75) is 70.3 Å². The molecule has 1 fully saturated rings. The van der Waals surface area contributed by atoms with Gasteiger partial charge in [-0.1, -0.05) is 0 Å². The molecule has 9 heteroatoms. The van der Waals surface area contributed by atoms with Crippen LogP contribution in [0.2, 0.25) is 5.28 Å². The molecule has 1 saturated carbocycles. The van der Waals surface area contributed by atoms with E-state index in [1.54, 1.807) is 0 Å². The van der Waals surface area contributed by atoms with Crippen LogP contribution in [0.25, 0.3) is 0 Å². The minimum atomic E-state index is -4.55. The minimum Gasteiger partial charge on any atom is -0.474 e. The summed E-state index contributed by atoms with van der Waals surface area (Å²) in [7, 11) is 0. The van der Waals surface area contributed by atoms with Crippen LogP contribution in [0.5, 0.6) is 0 Å². The maximum absolute atomic E-state index is 13.1. The Hall–Kier alpha value is -1.70. The van der Waals surface area contributed by atoms with E-state index in [9.17, 15) is 13.2 Å². The number of alkyl halides is 3. The third kappa shape index (κ3) is 6.23. The van der Waals surface area contributed by atoms with Crippen molar-refractivity contribution in [1.82, 2.24) is 15.3 Å². The Balaban J connectivity index is 2.03. The molecular formula is C17H24ClF3N4O. The molecule has 0 aliphatic heterocycles. The maximum Gasteiger partial charge on any atom is 0.421 e. The molecule has 5 nitrogen and oxygen atoms in total. The number of hydrogen-bond donors (Lipinski definition) is 2. The molecule has 0 unspecified atom stereocenters. The van der Waals surface area contributed by atoms with Gasteiger partial charge >= 0.3 is 6.18 Å². The highest BCUT2D eigenvalue weighted by atomic mass is 35.5. The number of halogens is 4. The van der Waals surface area contributed by atoms with Gasteiger partial charge in [-0.15, -0.1) is 0 Å². The second-order valence-corrected chi connectivity index (χ2v) is 7.72. The van der Waals surface area contributed by atoms with Crippen LogP contribution >= 0.6 is 11.6 Å². The summed E-state index contributed by atoms with van der Waals surface area (Å²) in [6, 6.07) is -0.113. The lowest BCUT2D eigenvalue weighted by molar-refractivity contribution is -0.137. The van der Waals surface area contributed by atoms with Crippen LogP contribution in [0, 0.1) is 0 Å². The van der Waals surface area contributed by atoms with Crippen LogP contribution in [0.1, 0.15) is 52.0 Å². The minimum absolute atomic E-state index is 0.0581. The normalized spacial score (nSPS) is 21.2. The van der Waals surface area contributed by atoms with Crippen molar-refractivity contribution >= 4 is 17.4 Å². The Morgan fingerprint density at radius 2 is 1.92 bits per heavy atom. The smallest absolute Gasteiger partial charge is 0.421 e. The van der Waals surface area contributed by atoms with Crippen molar-refractivity contribution < 1.29 is 17.9 Å². The van der Waals surface area contributed by atoms with E-state index in [2.05, 4.69) is 27.2 Å². The third-order valence-corrected chi connectivity index (χ3v) is 4.06. The van der Waals surface area contributed by atoms with Crippen LogP contribution < -0.4 is 10.6 Å². The largest absolute Gasteiger partial charge is 0.474 e. The quantitative estimate of drug-likeness (QED) is 0.559. The first-order chi connectivity index (χ1) is 11.9. The average molecular weight is 393 g/mol. The lowest BCUT2D eigenvalue weighted by atomic mass is 9.91. The molecule has 1 aliphatic rings. The Labute approximate surface area is 156 Å². The fourth-order valence-corrected chi connectivity index (χ4v) is 3.08. The zero-order valence-corrected chi connectivity index (χ0v) is 15.8. The molecule has 1 aromatic rings. The van der Waals surface area contributed by atoms with Gasteiger partial charge in [-0.3, -0.25) is 0 Å². The molecule has 0 radical (unpaired) electrons. The van der Waals surface area contributed by atoms with Crippen molar-refractivity contribution in [2.24, 2.45) is 0 Å². The SMILES string of the molecule is C=C(N[C@@H]1CCC[C@H](Nc2nc(Cl)ncc2C(F)(F)F)C1)OC(C)(C)C. The zero-order valence-electron chi connectivity index (χ0n) is 15.1. The predicted molar refractivity (Wildman–Crippen MR) is 94.8 cm³/mol. The number of aromatic nitrogens is 2. The van der Waals surface area contributed by atoms with Gasteiger partial charge in [-0.25, -0.2) is 9.97 Å². The molecule has 0 saturated heterocycles. The van der Waals surface area contributed by atoms with Gasteiger partial charge in [0.2, 0.25) is 5.28 Å². The van der Waals surface area contributed by atoms with E-state index in [0.717, 1.165) is 19.3 Å². The molecule has 146 valence electrons. The van der Waals surface area contributed by atoms with Gasteiger partial charge in [0.1, 0.15) is 17.0 Å². The van der Waals surface area contributed by atoms with Gasteiger partial charge in [-0.2, -0.15) is 13.2 Å². The summed E-state index contributed by atoms with van der Waals surface area (Å²) in [4.78, 5) is 7.17. The van der Waals surface area contributed by atoms with Crippen LogP contribution in [0.4, 0.5) is 19.0 Å². The second kappa shape index (κ2) is 7.90. The number of rotatable bonds is 5. The molecule has 2 N–H and O–H groups in total. The van der Waals surface area contributed by atoms with E-state index in [4.69, 9.17) is 16.3 Å². The van der Waals surface area contributed by atoms with Crippen LogP contribution in [-0.4, -0.2) is 27.7 Å². The molecule has 1 aromatic heterocycles. The van der Waals surface area contributed by atoms with Crippen LogP contribution in [0.15, 0.2) is 18.7 Å². The van der Waals surface area contributed by atoms with Gasteiger partial charge in [0.15, 0.2) is 5.88 Å². The Kier molecular flexibility index (Phi) is 6.26. The van der Waals surface area contributed by atoms with Gasteiger partial charge in [0.25, 0.3) is 0 Å². The van der Waals surface area contributed by atoms with Gasteiger partial charge < -0.3 is 15.4 Å². The summed E-state index contributed by atoms with van der Waals surface area (Å²) in [6.45, 7) is 9.62. The van der Waals surface area contributed by atoms with Gasteiger partial charge in [-0.05, 0) is 64.6 Å². The fourth-order valence-electron chi connectivity index (χ4n) is 2.95. The van der Waals surface area contributed by atoms with Crippen LogP contribution in [-0.2, 0) is 10.9 Å². The molecule has 2 rings (SSSR count). The second-order valence-electron chi connectivity index (χ2n) is 7.39. The van der Waals surface area contributed by atoms with Gasteiger partial charge in [0.05, 0.1) is 0 Å². The highest BCUT2D eigenvalue weighted by Crippen LogP contribution is 2.35. The summed E-state index contributed by atoms with van der Waals surface area (Å²) >= 11 is 5.67. The molecular weight excluding hydrogens is 369 g/mol. The van der Waals surface area contributed by atoms with Crippen molar-refractivity contribution in [1.29, 1.82) is 0 Å². The van der Waals surface area contributed by atoms with E-state index in [-0.39, 0.29) is 28.8 Å². The number of nitrogens with zero attached hydrogens (tertiary/aromatic N) is 2. The summed E-state index contributed by atoms with van der Waals surface area (Å²) in [5.74, 6) is 0.178. The summed E-state index contributed by atoms with van der Waals surface area (Å²) in [5, 5.41) is 5.87. The summed E-state index contributed by atoms with van der Waals surface area (Å²) < 4.78 is 45.1. The molecule has 0 amide bonds. The average Bonchev–Trinajstić information content (AvgIpc) is 2.44. The molecule has 0 spiro atoms. The topological polar surface area (TPSA) is 59.1 Å². The van der Waals surface area contributed by atoms with Crippen molar-refractivity contribution in [3.05, 3.63) is 29.5 Å². The summed E-state index contributed by atoms with van der Waals surface area (Å²) in [5.41, 5.74) is -1.28. The van der Waals surface area contributed by atoms with E-state index in [1.165, 1.54) is 0 Å². The Morgan fingerprint density at radius 3 is 2.54 bits per heavy atom. The molecule has 0 bridgehead atoms. The monoisotopic (exact) mass is 392 g/mol. The fraction of sp³-hybridized carbons (Fsp3) is 0.647. The first-order valence-corrected chi connectivity index (χ1v) is 8.82. The first kappa shape index (κ1) is 20.6. The highest BCUT2D eigenvalue weighted by molar-refractivity contribution is 6.28. The maximum atomic E-state index is 13.1. The number of anilines is 1. The Morgan fingerprint density at radius 1 is 1.27 bits per heavy atom. The number of nitrogens with one attached hydrogen (secondary N) is 2. The predicted octanol–water partition coefficient (Wildman–Crippen LogP) is 4.75. The zero-order chi connectivity index (χ0) is 19.5. The van der Waals surface area contributed by atoms with E-state index in [0.29, 0.717) is 18.5 Å². The molecule has 0 aromatic carbocycles.